The van der Waals surface area contributed by atoms with Gasteiger partial charge in [-0.2, -0.15) is 0 Å². The standard InChI is InChI=1S/C17H22N2O2/c1-17(2)16(21)19(11-10-15(20)18-17)14-9-5-7-12-6-3-4-8-13(12)14/h5,7,9H,3-4,6,8,10-11H2,1-2H3,(H,18,20). The Morgan fingerprint density at radius 3 is 2.67 bits per heavy atom. The van der Waals surface area contributed by atoms with Crippen LogP contribution in [-0.2, 0) is 22.4 Å². The summed E-state index contributed by atoms with van der Waals surface area (Å²) in [5.41, 5.74) is 2.81. The van der Waals surface area contributed by atoms with E-state index in [0.717, 1.165) is 18.5 Å². The molecular weight excluding hydrogens is 264 g/mol. The maximum Gasteiger partial charge on any atom is 0.252 e. The molecule has 112 valence electrons. The second-order valence-corrected chi connectivity index (χ2v) is 6.50. The Kier molecular flexibility index (Phi) is 3.47. The van der Waals surface area contributed by atoms with E-state index in [9.17, 15) is 9.59 Å². The second kappa shape index (κ2) is 5.17. The smallest absolute Gasteiger partial charge is 0.252 e. The Morgan fingerprint density at radius 2 is 1.86 bits per heavy atom. The maximum absolute atomic E-state index is 12.8. The first-order chi connectivity index (χ1) is 9.99. The van der Waals surface area contributed by atoms with Crippen molar-refractivity contribution in [2.24, 2.45) is 0 Å². The van der Waals surface area contributed by atoms with Crippen LogP contribution in [0, 0.1) is 0 Å². The number of aryl methyl sites for hydroxylation is 1. The summed E-state index contributed by atoms with van der Waals surface area (Å²) in [6.45, 7) is 4.02. The van der Waals surface area contributed by atoms with E-state index in [1.807, 2.05) is 17.0 Å². The van der Waals surface area contributed by atoms with E-state index in [1.54, 1.807) is 13.8 Å². The lowest BCUT2D eigenvalue weighted by molar-refractivity contribution is -0.128. The first-order valence-electron chi connectivity index (χ1n) is 7.73. The van der Waals surface area contributed by atoms with Gasteiger partial charge in [0.25, 0.3) is 5.91 Å². The van der Waals surface area contributed by atoms with Crippen LogP contribution in [0.15, 0.2) is 18.2 Å². The van der Waals surface area contributed by atoms with E-state index in [0.29, 0.717) is 13.0 Å². The molecule has 1 aliphatic heterocycles. The molecule has 0 spiro atoms. The van der Waals surface area contributed by atoms with Crippen LogP contribution in [0.2, 0.25) is 0 Å². The minimum absolute atomic E-state index is 0.0210. The number of nitrogens with one attached hydrogen (secondary N) is 1. The highest BCUT2D eigenvalue weighted by atomic mass is 16.2. The van der Waals surface area contributed by atoms with Crippen LogP contribution in [0.1, 0.15) is 44.2 Å². The molecule has 4 heteroatoms. The number of carbonyl (C=O) groups is 2. The van der Waals surface area contributed by atoms with E-state index in [4.69, 9.17) is 0 Å². The monoisotopic (exact) mass is 286 g/mol. The maximum atomic E-state index is 12.8. The van der Waals surface area contributed by atoms with Crippen LogP contribution in [0.25, 0.3) is 0 Å². The summed E-state index contributed by atoms with van der Waals surface area (Å²) in [5, 5.41) is 2.82. The summed E-state index contributed by atoms with van der Waals surface area (Å²) < 4.78 is 0. The van der Waals surface area contributed by atoms with E-state index in [2.05, 4.69) is 11.4 Å². The molecule has 3 rings (SSSR count). The van der Waals surface area contributed by atoms with Crippen molar-refractivity contribution in [3.63, 3.8) is 0 Å². The minimum atomic E-state index is -0.842. The zero-order chi connectivity index (χ0) is 15.0. The molecule has 0 radical (unpaired) electrons. The molecule has 0 aromatic heterocycles. The molecule has 1 aliphatic carbocycles. The first-order valence-corrected chi connectivity index (χ1v) is 7.73. The summed E-state index contributed by atoms with van der Waals surface area (Å²) in [7, 11) is 0. The van der Waals surface area contributed by atoms with Crippen molar-refractivity contribution < 1.29 is 9.59 Å². The highest BCUT2D eigenvalue weighted by molar-refractivity contribution is 6.04. The van der Waals surface area contributed by atoms with Crippen molar-refractivity contribution in [3.05, 3.63) is 29.3 Å². The van der Waals surface area contributed by atoms with Gasteiger partial charge in [0.05, 0.1) is 0 Å². The molecule has 1 aromatic rings. The van der Waals surface area contributed by atoms with Crippen molar-refractivity contribution >= 4 is 17.5 Å². The number of nitrogens with zero attached hydrogens (tertiary/aromatic N) is 1. The lowest BCUT2D eigenvalue weighted by atomic mass is 9.89. The lowest BCUT2D eigenvalue weighted by Crippen LogP contribution is -2.53. The van der Waals surface area contributed by atoms with Gasteiger partial charge in [-0.1, -0.05) is 12.1 Å². The zero-order valence-electron chi connectivity index (χ0n) is 12.7. The molecule has 1 heterocycles. The van der Waals surface area contributed by atoms with Crippen LogP contribution in [-0.4, -0.2) is 23.9 Å². The molecule has 21 heavy (non-hydrogen) atoms. The average molecular weight is 286 g/mol. The molecule has 2 amide bonds. The van der Waals surface area contributed by atoms with Crippen molar-refractivity contribution in [2.45, 2.75) is 51.5 Å². The fourth-order valence-corrected chi connectivity index (χ4v) is 3.36. The van der Waals surface area contributed by atoms with Crippen LogP contribution in [0.3, 0.4) is 0 Å². The normalized spacial score (nSPS) is 21.5. The third-order valence-corrected chi connectivity index (χ3v) is 4.46. The number of hydrogen-bond donors (Lipinski definition) is 1. The van der Waals surface area contributed by atoms with Crippen molar-refractivity contribution in [1.29, 1.82) is 0 Å². The zero-order valence-corrected chi connectivity index (χ0v) is 12.7. The average Bonchev–Trinajstić information content (AvgIpc) is 2.56. The van der Waals surface area contributed by atoms with Gasteiger partial charge in [0.1, 0.15) is 5.54 Å². The Labute approximate surface area is 125 Å². The van der Waals surface area contributed by atoms with Crippen molar-refractivity contribution in [2.75, 3.05) is 11.4 Å². The van der Waals surface area contributed by atoms with Gasteiger partial charge in [-0.15, -0.1) is 0 Å². The van der Waals surface area contributed by atoms with E-state index in [1.165, 1.54) is 24.0 Å². The third-order valence-electron chi connectivity index (χ3n) is 4.46. The largest absolute Gasteiger partial charge is 0.342 e. The topological polar surface area (TPSA) is 49.4 Å². The molecule has 0 atom stereocenters. The number of anilines is 1. The number of rotatable bonds is 1. The van der Waals surface area contributed by atoms with Gasteiger partial charge in [-0.3, -0.25) is 9.59 Å². The summed E-state index contributed by atoms with van der Waals surface area (Å²) >= 11 is 0. The predicted octanol–water partition coefficient (Wildman–Crippen LogP) is 2.20. The van der Waals surface area contributed by atoms with Crippen LogP contribution < -0.4 is 10.2 Å². The molecule has 0 unspecified atom stereocenters. The number of fused-ring (bicyclic) bond motifs is 1. The number of hydrogen-bond acceptors (Lipinski definition) is 2. The summed E-state index contributed by atoms with van der Waals surface area (Å²) in [5.74, 6) is -0.0760. The van der Waals surface area contributed by atoms with Gasteiger partial charge in [-0.25, -0.2) is 0 Å². The van der Waals surface area contributed by atoms with Gasteiger partial charge >= 0.3 is 0 Å². The second-order valence-electron chi connectivity index (χ2n) is 6.50. The van der Waals surface area contributed by atoms with Gasteiger partial charge < -0.3 is 10.2 Å². The summed E-state index contributed by atoms with van der Waals surface area (Å²) in [4.78, 5) is 26.4. The molecule has 4 nitrogen and oxygen atoms in total. The molecule has 1 N–H and O–H groups in total. The van der Waals surface area contributed by atoms with Gasteiger partial charge in [0.15, 0.2) is 0 Å². The number of benzene rings is 1. The summed E-state index contributed by atoms with van der Waals surface area (Å²) in [6, 6.07) is 6.21. The minimum Gasteiger partial charge on any atom is -0.342 e. The van der Waals surface area contributed by atoms with E-state index < -0.39 is 5.54 Å². The molecular formula is C17H22N2O2. The number of carbonyl (C=O) groups excluding carboxylic acids is 2. The number of amides is 2. The fourth-order valence-electron chi connectivity index (χ4n) is 3.36. The summed E-state index contributed by atoms with van der Waals surface area (Å²) in [6.07, 6.45) is 4.87. The first kappa shape index (κ1) is 14.1. The third kappa shape index (κ3) is 2.55. The molecule has 0 bridgehead atoms. The molecule has 1 saturated heterocycles. The van der Waals surface area contributed by atoms with Gasteiger partial charge in [0, 0.05) is 18.7 Å². The van der Waals surface area contributed by atoms with E-state index in [-0.39, 0.29) is 11.8 Å². The van der Waals surface area contributed by atoms with Gasteiger partial charge in [0.2, 0.25) is 5.91 Å². The molecule has 1 fully saturated rings. The van der Waals surface area contributed by atoms with Crippen LogP contribution in [0.4, 0.5) is 5.69 Å². The SMILES string of the molecule is CC1(C)NC(=O)CCN(c2cccc3c2CCCC3)C1=O. The van der Waals surface area contributed by atoms with Gasteiger partial charge in [-0.05, 0) is 56.7 Å². The Morgan fingerprint density at radius 1 is 1.10 bits per heavy atom. The Hall–Kier alpha value is -1.84. The van der Waals surface area contributed by atoms with Crippen molar-refractivity contribution in [3.8, 4) is 0 Å². The lowest BCUT2D eigenvalue weighted by Gasteiger charge is -2.31. The highest BCUT2D eigenvalue weighted by Gasteiger charge is 2.38. The Balaban J connectivity index is 2.03. The quantitative estimate of drug-likeness (QED) is 0.860. The molecule has 0 saturated carbocycles. The fraction of sp³-hybridized carbons (Fsp3) is 0.529. The highest BCUT2D eigenvalue weighted by Crippen LogP contribution is 2.32. The molecule has 2 aliphatic rings. The van der Waals surface area contributed by atoms with Crippen molar-refractivity contribution in [1.82, 2.24) is 5.32 Å². The van der Waals surface area contributed by atoms with Crippen LogP contribution >= 0.6 is 0 Å². The van der Waals surface area contributed by atoms with E-state index >= 15 is 0 Å². The molecule has 1 aromatic carbocycles. The Bertz CT molecular complexity index is 592. The van der Waals surface area contributed by atoms with Crippen LogP contribution in [0.5, 0.6) is 0 Å². The predicted molar refractivity (Wildman–Crippen MR) is 82.3 cm³/mol.